The van der Waals surface area contributed by atoms with Crippen LogP contribution in [-0.2, 0) is 14.3 Å². The molecule has 5 nitrogen and oxygen atoms in total. The second-order valence-corrected chi connectivity index (χ2v) is 6.69. The van der Waals surface area contributed by atoms with Gasteiger partial charge in [0.15, 0.2) is 0 Å². The third-order valence-corrected chi connectivity index (χ3v) is 4.67. The van der Waals surface area contributed by atoms with E-state index >= 15 is 0 Å². The zero-order chi connectivity index (χ0) is 18.1. The summed E-state index contributed by atoms with van der Waals surface area (Å²) in [5.74, 6) is -0.284. The fourth-order valence-electron chi connectivity index (χ4n) is 3.19. The summed E-state index contributed by atoms with van der Waals surface area (Å²) in [5, 5.41) is 2.87. The highest BCUT2D eigenvalue weighted by Gasteiger charge is 2.26. The maximum Gasteiger partial charge on any atom is 0.249 e. The summed E-state index contributed by atoms with van der Waals surface area (Å²) in [4.78, 5) is 26.7. The smallest absolute Gasteiger partial charge is 0.249 e. The molecule has 0 aromatic heterocycles. The Kier molecular flexibility index (Phi) is 7.92. The number of ether oxygens (including phenoxy) is 1. The Labute approximate surface area is 150 Å². The van der Waals surface area contributed by atoms with Crippen molar-refractivity contribution in [3.63, 3.8) is 0 Å². The molecule has 1 N–H and O–H groups in total. The van der Waals surface area contributed by atoms with E-state index in [4.69, 9.17) is 4.74 Å². The van der Waals surface area contributed by atoms with E-state index < -0.39 is 6.04 Å². The topological polar surface area (TPSA) is 58.6 Å². The number of hydrogen-bond donors (Lipinski definition) is 1. The highest BCUT2D eigenvalue weighted by molar-refractivity contribution is 5.97. The normalized spacial score (nSPS) is 16.2. The van der Waals surface area contributed by atoms with Gasteiger partial charge >= 0.3 is 0 Å². The Balaban J connectivity index is 1.90. The Hall–Kier alpha value is -1.88. The van der Waals surface area contributed by atoms with Gasteiger partial charge in [0.25, 0.3) is 0 Å². The Morgan fingerprint density at radius 3 is 2.52 bits per heavy atom. The summed E-state index contributed by atoms with van der Waals surface area (Å²) in [6.45, 7) is 4.39. The molecule has 138 valence electrons. The minimum absolute atomic E-state index is 0.0631. The molecule has 1 aliphatic rings. The van der Waals surface area contributed by atoms with E-state index in [2.05, 4.69) is 5.32 Å². The van der Waals surface area contributed by atoms with Crippen LogP contribution in [0.15, 0.2) is 30.3 Å². The van der Waals surface area contributed by atoms with Gasteiger partial charge in [-0.1, -0.05) is 44.4 Å². The van der Waals surface area contributed by atoms with E-state index in [1.165, 1.54) is 19.3 Å². The lowest BCUT2D eigenvalue weighted by Gasteiger charge is -2.29. The van der Waals surface area contributed by atoms with Gasteiger partial charge in [-0.15, -0.1) is 0 Å². The van der Waals surface area contributed by atoms with E-state index in [1.54, 1.807) is 11.8 Å². The average molecular weight is 346 g/mol. The molecule has 0 bridgehead atoms. The number of benzene rings is 1. The van der Waals surface area contributed by atoms with Crippen LogP contribution in [0.5, 0.6) is 0 Å². The van der Waals surface area contributed by atoms with Gasteiger partial charge in [-0.2, -0.15) is 0 Å². The number of carbonyl (C=O) groups is 2. The van der Waals surface area contributed by atoms with Gasteiger partial charge < -0.3 is 15.0 Å². The maximum absolute atomic E-state index is 12.6. The van der Waals surface area contributed by atoms with Crippen molar-refractivity contribution >= 4 is 17.5 Å². The average Bonchev–Trinajstić information content (AvgIpc) is 2.65. The molecule has 0 spiro atoms. The quantitative estimate of drug-likeness (QED) is 0.782. The van der Waals surface area contributed by atoms with E-state index in [1.807, 2.05) is 37.3 Å². The molecule has 1 saturated carbocycles. The van der Waals surface area contributed by atoms with Gasteiger partial charge in [0.05, 0.1) is 6.10 Å². The molecule has 1 unspecified atom stereocenters. The number of carbonyl (C=O) groups excluding carboxylic acids is 2. The van der Waals surface area contributed by atoms with Gasteiger partial charge in [-0.25, -0.2) is 0 Å². The summed E-state index contributed by atoms with van der Waals surface area (Å²) in [6, 6.07) is 8.78. The van der Waals surface area contributed by atoms with Crippen LogP contribution >= 0.6 is 0 Å². The first-order valence-corrected chi connectivity index (χ1v) is 9.38. The second-order valence-electron chi connectivity index (χ2n) is 6.69. The van der Waals surface area contributed by atoms with E-state index in [9.17, 15) is 9.59 Å². The van der Waals surface area contributed by atoms with Crippen LogP contribution in [0, 0.1) is 0 Å². The molecular weight excluding hydrogens is 316 g/mol. The zero-order valence-corrected chi connectivity index (χ0v) is 15.4. The van der Waals surface area contributed by atoms with Crippen molar-refractivity contribution in [3.05, 3.63) is 30.3 Å². The van der Waals surface area contributed by atoms with Gasteiger partial charge in [0.2, 0.25) is 11.8 Å². The first-order chi connectivity index (χ1) is 12.1. The summed E-state index contributed by atoms with van der Waals surface area (Å²) < 4.78 is 5.80. The number of nitrogens with zero attached hydrogens (tertiary/aromatic N) is 1. The first-order valence-electron chi connectivity index (χ1n) is 9.38. The van der Waals surface area contributed by atoms with Crippen molar-refractivity contribution in [1.82, 2.24) is 4.90 Å². The van der Waals surface area contributed by atoms with Crippen LogP contribution in [0.25, 0.3) is 0 Å². The van der Waals surface area contributed by atoms with Crippen molar-refractivity contribution in [3.8, 4) is 0 Å². The van der Waals surface area contributed by atoms with Crippen LogP contribution in [0.1, 0.15) is 52.4 Å². The minimum Gasteiger partial charge on any atom is -0.368 e. The molecule has 0 heterocycles. The van der Waals surface area contributed by atoms with Gasteiger partial charge in [0.1, 0.15) is 12.6 Å². The SMILES string of the molecule is CCCN(C(=O)COC1CCCCC1)C(C)C(=O)Nc1ccccc1. The fourth-order valence-corrected chi connectivity index (χ4v) is 3.19. The lowest BCUT2D eigenvalue weighted by atomic mass is 9.98. The standard InChI is InChI=1S/C20H30N2O3/c1-3-14-22(19(23)15-25-18-12-8-5-9-13-18)16(2)20(24)21-17-10-6-4-7-11-17/h4,6-7,10-11,16,18H,3,5,8-9,12-15H2,1-2H3,(H,21,24). The van der Waals surface area contributed by atoms with Crippen molar-refractivity contribution < 1.29 is 14.3 Å². The van der Waals surface area contributed by atoms with Crippen molar-refractivity contribution in [2.45, 2.75) is 64.5 Å². The highest BCUT2D eigenvalue weighted by Crippen LogP contribution is 2.20. The molecule has 5 heteroatoms. The Bertz CT molecular complexity index is 541. The molecule has 1 aromatic carbocycles. The van der Waals surface area contributed by atoms with Crippen molar-refractivity contribution in [2.24, 2.45) is 0 Å². The van der Waals surface area contributed by atoms with Gasteiger partial charge in [0, 0.05) is 12.2 Å². The first kappa shape index (κ1) is 19.4. The third kappa shape index (κ3) is 6.16. The lowest BCUT2D eigenvalue weighted by molar-refractivity contribution is -0.144. The molecule has 0 radical (unpaired) electrons. The second kappa shape index (κ2) is 10.2. The van der Waals surface area contributed by atoms with Gasteiger partial charge in [-0.05, 0) is 38.3 Å². The number of rotatable bonds is 8. The predicted molar refractivity (Wildman–Crippen MR) is 99.4 cm³/mol. The molecule has 0 saturated heterocycles. The Morgan fingerprint density at radius 1 is 1.20 bits per heavy atom. The molecule has 1 atom stereocenters. The largest absolute Gasteiger partial charge is 0.368 e. The molecule has 2 rings (SSSR count). The summed E-state index contributed by atoms with van der Waals surface area (Å²) in [6.07, 6.45) is 6.66. The molecule has 1 fully saturated rings. The monoisotopic (exact) mass is 346 g/mol. The molecule has 2 amide bonds. The summed E-state index contributed by atoms with van der Waals surface area (Å²) in [5.41, 5.74) is 0.738. The highest BCUT2D eigenvalue weighted by atomic mass is 16.5. The van der Waals surface area contributed by atoms with Crippen LogP contribution in [0.4, 0.5) is 5.69 Å². The van der Waals surface area contributed by atoms with Crippen LogP contribution in [0.2, 0.25) is 0 Å². The molecule has 1 aromatic rings. The van der Waals surface area contributed by atoms with E-state index in [-0.39, 0.29) is 24.5 Å². The molecule has 1 aliphatic carbocycles. The number of anilines is 1. The number of para-hydroxylation sites is 1. The Morgan fingerprint density at radius 2 is 1.88 bits per heavy atom. The van der Waals surface area contributed by atoms with Crippen LogP contribution in [-0.4, -0.2) is 42.0 Å². The maximum atomic E-state index is 12.6. The predicted octanol–water partition coefficient (Wildman–Crippen LogP) is 3.60. The van der Waals surface area contributed by atoms with E-state index in [0.717, 1.165) is 24.9 Å². The van der Waals surface area contributed by atoms with Crippen LogP contribution in [0.3, 0.4) is 0 Å². The number of nitrogens with one attached hydrogen (secondary N) is 1. The third-order valence-electron chi connectivity index (χ3n) is 4.67. The molecule has 0 aliphatic heterocycles. The minimum atomic E-state index is -0.525. The van der Waals surface area contributed by atoms with Crippen molar-refractivity contribution in [1.29, 1.82) is 0 Å². The van der Waals surface area contributed by atoms with Crippen LogP contribution < -0.4 is 5.32 Å². The number of hydrogen-bond acceptors (Lipinski definition) is 3. The number of amides is 2. The molecular formula is C20H30N2O3. The fraction of sp³-hybridized carbons (Fsp3) is 0.600. The van der Waals surface area contributed by atoms with Crippen molar-refractivity contribution in [2.75, 3.05) is 18.5 Å². The summed E-state index contributed by atoms with van der Waals surface area (Å²) in [7, 11) is 0. The zero-order valence-electron chi connectivity index (χ0n) is 15.4. The molecule has 25 heavy (non-hydrogen) atoms. The van der Waals surface area contributed by atoms with Gasteiger partial charge in [-0.3, -0.25) is 9.59 Å². The van der Waals surface area contributed by atoms with E-state index in [0.29, 0.717) is 6.54 Å². The summed E-state index contributed by atoms with van der Waals surface area (Å²) >= 11 is 0. The lowest BCUT2D eigenvalue weighted by Crippen LogP contribution is -2.47.